The number of aromatic nitrogens is 1. The number of ether oxygens (including phenoxy) is 3. The summed E-state index contributed by atoms with van der Waals surface area (Å²) < 4.78 is 41.3. The highest BCUT2D eigenvalue weighted by Gasteiger charge is 2.38. The van der Waals surface area contributed by atoms with Gasteiger partial charge in [0.25, 0.3) is 5.91 Å². The second-order valence-electron chi connectivity index (χ2n) is 9.13. The summed E-state index contributed by atoms with van der Waals surface area (Å²) in [7, 11) is 0. The van der Waals surface area contributed by atoms with E-state index < -0.39 is 18.1 Å². The van der Waals surface area contributed by atoms with E-state index in [0.29, 0.717) is 49.7 Å². The van der Waals surface area contributed by atoms with Gasteiger partial charge in [0.1, 0.15) is 17.2 Å². The van der Waals surface area contributed by atoms with Crippen molar-refractivity contribution in [3.05, 3.63) is 65.9 Å². The van der Waals surface area contributed by atoms with Gasteiger partial charge in [0, 0.05) is 42.8 Å². The number of carbonyl (C=O) groups is 1. The number of fused-ring (bicyclic) bond motifs is 1. The van der Waals surface area contributed by atoms with Crippen molar-refractivity contribution in [3.63, 3.8) is 0 Å². The third kappa shape index (κ3) is 5.54. The molecule has 1 saturated heterocycles. The molecule has 0 aliphatic carbocycles. The summed E-state index contributed by atoms with van der Waals surface area (Å²) in [5.41, 5.74) is 3.71. The standard InChI is InChI=1S/C27H26F2N4O4/c1-16-2-4-19(32-25(34)18-6-9-31-24(13-18)36-26(28)29)14-20(16)17-3-5-21-22(12-17)37-27(15-23(30)33-21)7-10-35-11-8-27/h2-6,9,12-14,26H,7-8,10-11,15H2,1H3,(H2,30,33)(H,32,34). The van der Waals surface area contributed by atoms with Gasteiger partial charge in [-0.25, -0.2) is 4.98 Å². The molecule has 1 fully saturated rings. The molecule has 5 rings (SSSR count). The van der Waals surface area contributed by atoms with Gasteiger partial charge in [0.05, 0.1) is 18.9 Å². The Hall–Kier alpha value is -4.05. The number of amides is 1. The van der Waals surface area contributed by atoms with Crippen LogP contribution in [0.3, 0.4) is 0 Å². The Morgan fingerprint density at radius 1 is 1.16 bits per heavy atom. The van der Waals surface area contributed by atoms with E-state index in [9.17, 15) is 13.6 Å². The quantitative estimate of drug-likeness (QED) is 0.413. The number of nitrogens with zero attached hydrogens (tertiary/aromatic N) is 1. The molecule has 2 aromatic carbocycles. The number of halogens is 2. The normalized spacial score (nSPS) is 16.4. The molecule has 0 unspecified atom stereocenters. The average molecular weight is 509 g/mol. The number of amidine groups is 1. The Labute approximate surface area is 212 Å². The Morgan fingerprint density at radius 3 is 2.76 bits per heavy atom. The van der Waals surface area contributed by atoms with Crippen molar-refractivity contribution in [3.8, 4) is 22.8 Å². The molecule has 1 spiro atoms. The molecule has 8 nitrogen and oxygen atoms in total. The molecule has 2 aliphatic heterocycles. The predicted octanol–water partition coefficient (Wildman–Crippen LogP) is 5.63. The maximum absolute atomic E-state index is 12.8. The van der Waals surface area contributed by atoms with Crippen LogP contribution in [0.5, 0.6) is 11.6 Å². The molecule has 10 heteroatoms. The molecule has 0 bridgehead atoms. The van der Waals surface area contributed by atoms with Gasteiger partial charge in [-0.3, -0.25) is 10.2 Å². The SMILES string of the molecule is Cc1ccc(NC(=O)c2ccnc(OC(F)F)c2)cc1-c1ccc2c(c1)OC1(CCOCC1)CC(=N)N2. The number of benzene rings is 2. The van der Waals surface area contributed by atoms with Crippen LogP contribution in [0.25, 0.3) is 11.1 Å². The fraction of sp³-hybridized carbons (Fsp3) is 0.296. The van der Waals surface area contributed by atoms with Gasteiger partial charge in [-0.2, -0.15) is 8.78 Å². The van der Waals surface area contributed by atoms with Gasteiger partial charge < -0.3 is 24.8 Å². The minimum absolute atomic E-state index is 0.140. The average Bonchev–Trinajstić information content (AvgIpc) is 2.99. The van der Waals surface area contributed by atoms with E-state index in [1.165, 1.54) is 12.3 Å². The minimum Gasteiger partial charge on any atom is -0.484 e. The number of hydrogen-bond acceptors (Lipinski definition) is 6. The van der Waals surface area contributed by atoms with E-state index in [4.69, 9.17) is 14.9 Å². The van der Waals surface area contributed by atoms with Crippen LogP contribution in [-0.4, -0.2) is 42.2 Å². The van der Waals surface area contributed by atoms with E-state index in [1.54, 1.807) is 6.07 Å². The molecule has 0 saturated carbocycles. The van der Waals surface area contributed by atoms with E-state index in [-0.39, 0.29) is 11.4 Å². The molecule has 3 aromatic rings. The van der Waals surface area contributed by atoms with Gasteiger partial charge in [-0.15, -0.1) is 0 Å². The van der Waals surface area contributed by atoms with Crippen molar-refractivity contribution in [2.75, 3.05) is 23.8 Å². The van der Waals surface area contributed by atoms with Gasteiger partial charge >= 0.3 is 6.61 Å². The van der Waals surface area contributed by atoms with E-state index in [2.05, 4.69) is 20.4 Å². The highest BCUT2D eigenvalue weighted by atomic mass is 19.3. The number of alkyl halides is 2. The van der Waals surface area contributed by atoms with Crippen LogP contribution in [0.2, 0.25) is 0 Å². The summed E-state index contributed by atoms with van der Waals surface area (Å²) in [6.45, 7) is 0.128. The first-order chi connectivity index (χ1) is 17.8. The Bertz CT molecular complexity index is 1340. The molecule has 37 heavy (non-hydrogen) atoms. The molecule has 2 aliphatic rings. The van der Waals surface area contributed by atoms with Crippen molar-refractivity contribution in [2.24, 2.45) is 0 Å². The topological polar surface area (TPSA) is 106 Å². The second-order valence-corrected chi connectivity index (χ2v) is 9.13. The Kier molecular flexibility index (Phi) is 6.75. The lowest BCUT2D eigenvalue weighted by Gasteiger charge is -2.36. The van der Waals surface area contributed by atoms with Crippen LogP contribution < -0.4 is 20.1 Å². The van der Waals surface area contributed by atoms with Gasteiger partial charge in [-0.05, 0) is 53.9 Å². The second kappa shape index (κ2) is 10.1. The molecule has 1 amide bonds. The number of aryl methyl sites for hydroxylation is 1. The summed E-state index contributed by atoms with van der Waals surface area (Å²) >= 11 is 0. The lowest BCUT2D eigenvalue weighted by atomic mass is 9.90. The zero-order valence-electron chi connectivity index (χ0n) is 20.1. The van der Waals surface area contributed by atoms with Crippen molar-refractivity contribution >= 4 is 23.1 Å². The zero-order chi connectivity index (χ0) is 26.0. The van der Waals surface area contributed by atoms with Gasteiger partial charge in [-0.1, -0.05) is 12.1 Å². The first-order valence-corrected chi connectivity index (χ1v) is 11.9. The molecular formula is C27H26F2N4O4. The number of pyridine rings is 1. The highest BCUT2D eigenvalue weighted by molar-refractivity contribution is 6.04. The molecular weight excluding hydrogens is 482 g/mol. The summed E-state index contributed by atoms with van der Waals surface area (Å²) in [6.07, 6.45) is 3.14. The third-order valence-electron chi connectivity index (χ3n) is 6.51. The smallest absolute Gasteiger partial charge is 0.388 e. The lowest BCUT2D eigenvalue weighted by molar-refractivity contribution is -0.0529. The lowest BCUT2D eigenvalue weighted by Crippen LogP contribution is -2.43. The van der Waals surface area contributed by atoms with Crippen molar-refractivity contribution in [1.29, 1.82) is 5.41 Å². The monoisotopic (exact) mass is 508 g/mol. The molecule has 192 valence electrons. The van der Waals surface area contributed by atoms with Crippen molar-refractivity contribution in [2.45, 2.75) is 38.4 Å². The molecule has 3 N–H and O–H groups in total. The van der Waals surface area contributed by atoms with Crippen molar-refractivity contribution in [1.82, 2.24) is 4.98 Å². The maximum atomic E-state index is 12.8. The number of carbonyl (C=O) groups excluding carboxylic acids is 1. The van der Waals surface area contributed by atoms with E-state index in [1.807, 2.05) is 37.3 Å². The number of rotatable bonds is 5. The summed E-state index contributed by atoms with van der Waals surface area (Å²) in [5.74, 6) is 0.262. The van der Waals surface area contributed by atoms with Crippen LogP contribution >= 0.6 is 0 Å². The number of hydrogen-bond donors (Lipinski definition) is 3. The van der Waals surface area contributed by atoms with Gasteiger partial charge in [0.2, 0.25) is 5.88 Å². The third-order valence-corrected chi connectivity index (χ3v) is 6.51. The molecule has 3 heterocycles. The highest BCUT2D eigenvalue weighted by Crippen LogP contribution is 2.41. The van der Waals surface area contributed by atoms with Crippen LogP contribution in [-0.2, 0) is 4.74 Å². The molecule has 0 atom stereocenters. The Morgan fingerprint density at radius 2 is 1.97 bits per heavy atom. The number of anilines is 2. The summed E-state index contributed by atoms with van der Waals surface area (Å²) in [4.78, 5) is 16.5. The van der Waals surface area contributed by atoms with Crippen LogP contribution in [0, 0.1) is 12.3 Å². The Balaban J connectivity index is 1.41. The van der Waals surface area contributed by atoms with Crippen molar-refractivity contribution < 1.29 is 27.8 Å². The van der Waals surface area contributed by atoms with E-state index in [0.717, 1.165) is 28.4 Å². The molecule has 0 radical (unpaired) electrons. The summed E-state index contributed by atoms with van der Waals surface area (Å²) in [5, 5.41) is 14.3. The van der Waals surface area contributed by atoms with E-state index >= 15 is 0 Å². The van der Waals surface area contributed by atoms with Crippen LogP contribution in [0.15, 0.2) is 54.7 Å². The zero-order valence-corrected chi connectivity index (χ0v) is 20.1. The fourth-order valence-corrected chi connectivity index (χ4v) is 4.62. The predicted molar refractivity (Wildman–Crippen MR) is 135 cm³/mol. The number of nitrogens with one attached hydrogen (secondary N) is 3. The fourth-order valence-electron chi connectivity index (χ4n) is 4.62. The largest absolute Gasteiger partial charge is 0.484 e. The first kappa shape index (κ1) is 24.6. The maximum Gasteiger partial charge on any atom is 0.388 e. The molecule has 1 aromatic heterocycles. The summed E-state index contributed by atoms with van der Waals surface area (Å²) in [6, 6.07) is 13.9. The van der Waals surface area contributed by atoms with Crippen LogP contribution in [0.4, 0.5) is 20.2 Å². The first-order valence-electron chi connectivity index (χ1n) is 11.9. The van der Waals surface area contributed by atoms with Crippen LogP contribution in [0.1, 0.15) is 35.2 Å². The van der Waals surface area contributed by atoms with Gasteiger partial charge in [0.15, 0.2) is 0 Å². The minimum atomic E-state index is -3.03.